The van der Waals surface area contributed by atoms with Crippen LogP contribution in [0.3, 0.4) is 0 Å². The molecule has 0 amide bonds. The predicted molar refractivity (Wildman–Crippen MR) is 135 cm³/mol. The van der Waals surface area contributed by atoms with Gasteiger partial charge in [-0.15, -0.1) is 24.0 Å². The lowest BCUT2D eigenvalue weighted by molar-refractivity contribution is 0.0411. The third kappa shape index (κ3) is 10.0. The maximum absolute atomic E-state index is 6.09. The Morgan fingerprint density at radius 2 is 1.80 bits per heavy atom. The number of nitrogens with zero attached hydrogens (tertiary/aromatic N) is 2. The zero-order valence-electron chi connectivity index (χ0n) is 19.1. The minimum absolute atomic E-state index is 0. The summed E-state index contributed by atoms with van der Waals surface area (Å²) in [6, 6.07) is 0.538. The Kier molecular flexibility index (Phi) is 13.6. The average molecular weight is 537 g/mol. The highest BCUT2D eigenvalue weighted by Crippen LogP contribution is 2.20. The van der Waals surface area contributed by atoms with Gasteiger partial charge in [-0.25, -0.2) is 0 Å². The van der Waals surface area contributed by atoms with E-state index in [-0.39, 0.29) is 24.0 Å². The molecule has 2 N–H and O–H groups in total. The number of hydrogen-bond donors (Lipinski definition) is 2. The van der Waals surface area contributed by atoms with Crippen molar-refractivity contribution in [1.29, 1.82) is 0 Å². The lowest BCUT2D eigenvalue weighted by Crippen LogP contribution is -2.49. The standard InChI is InChI=1S/C23H44N4O2.HI/c1-24-23(25-13-6-7-16-29-22-8-4-2-3-5-9-22)26-21-10-14-27(15-11-21)18-20-12-17-28-19-20;/h20-22H,2-19H2,1H3,(H2,24,25,26);1H. The second kappa shape index (κ2) is 15.6. The van der Waals surface area contributed by atoms with Crippen molar-refractivity contribution in [3.05, 3.63) is 0 Å². The van der Waals surface area contributed by atoms with Crippen molar-refractivity contribution in [3.63, 3.8) is 0 Å². The normalized spacial score (nSPS) is 25.0. The molecule has 3 rings (SSSR count). The van der Waals surface area contributed by atoms with Crippen molar-refractivity contribution >= 4 is 29.9 Å². The molecule has 0 radical (unpaired) electrons. The van der Waals surface area contributed by atoms with Crippen LogP contribution in [0.1, 0.15) is 70.6 Å². The van der Waals surface area contributed by atoms with Crippen molar-refractivity contribution in [2.75, 3.05) is 53.0 Å². The Hall–Kier alpha value is -0.120. The Bertz CT molecular complexity index is 458. The summed E-state index contributed by atoms with van der Waals surface area (Å²) in [5, 5.41) is 7.11. The number of nitrogens with one attached hydrogen (secondary N) is 2. The molecular weight excluding hydrogens is 491 g/mol. The molecule has 0 bridgehead atoms. The third-order valence-electron chi connectivity index (χ3n) is 6.71. The zero-order valence-corrected chi connectivity index (χ0v) is 21.4. The van der Waals surface area contributed by atoms with E-state index in [0.717, 1.165) is 51.1 Å². The molecule has 2 aliphatic heterocycles. The molecule has 0 aromatic rings. The lowest BCUT2D eigenvalue weighted by Gasteiger charge is -2.34. The van der Waals surface area contributed by atoms with Crippen LogP contribution in [0.4, 0.5) is 0 Å². The maximum atomic E-state index is 6.09. The van der Waals surface area contributed by atoms with Crippen molar-refractivity contribution < 1.29 is 9.47 Å². The van der Waals surface area contributed by atoms with E-state index in [1.54, 1.807) is 0 Å². The van der Waals surface area contributed by atoms with Crippen LogP contribution in [0.25, 0.3) is 0 Å². The van der Waals surface area contributed by atoms with Gasteiger partial charge in [-0.1, -0.05) is 25.7 Å². The molecule has 1 unspecified atom stereocenters. The Balaban J connectivity index is 0.00000320. The second-order valence-corrected chi connectivity index (χ2v) is 9.14. The number of likely N-dealkylation sites (tertiary alicyclic amines) is 1. The molecule has 0 spiro atoms. The smallest absolute Gasteiger partial charge is 0.191 e. The lowest BCUT2D eigenvalue weighted by atomic mass is 10.0. The van der Waals surface area contributed by atoms with E-state index in [2.05, 4.69) is 20.5 Å². The van der Waals surface area contributed by atoms with E-state index in [1.807, 2.05) is 7.05 Å². The predicted octanol–water partition coefficient (Wildman–Crippen LogP) is 3.79. The van der Waals surface area contributed by atoms with Crippen LogP contribution in [-0.2, 0) is 9.47 Å². The van der Waals surface area contributed by atoms with Gasteiger partial charge >= 0.3 is 0 Å². The van der Waals surface area contributed by atoms with Gasteiger partial charge in [0.25, 0.3) is 0 Å². The van der Waals surface area contributed by atoms with Crippen molar-refractivity contribution in [1.82, 2.24) is 15.5 Å². The minimum Gasteiger partial charge on any atom is -0.381 e. The molecule has 2 heterocycles. The molecule has 176 valence electrons. The van der Waals surface area contributed by atoms with Crippen molar-refractivity contribution in [3.8, 4) is 0 Å². The highest BCUT2D eigenvalue weighted by molar-refractivity contribution is 14.0. The molecule has 0 aromatic heterocycles. The Labute approximate surface area is 201 Å². The average Bonchev–Trinajstić information content (AvgIpc) is 3.12. The van der Waals surface area contributed by atoms with E-state index in [1.165, 1.54) is 77.4 Å². The van der Waals surface area contributed by atoms with Crippen LogP contribution in [0.2, 0.25) is 0 Å². The van der Waals surface area contributed by atoms with Gasteiger partial charge in [-0.2, -0.15) is 0 Å². The van der Waals surface area contributed by atoms with Crippen LogP contribution < -0.4 is 10.6 Å². The van der Waals surface area contributed by atoms with E-state index < -0.39 is 0 Å². The summed E-state index contributed by atoms with van der Waals surface area (Å²) in [6.07, 6.45) is 14.4. The fraction of sp³-hybridized carbons (Fsp3) is 0.957. The first-order valence-electron chi connectivity index (χ1n) is 12.2. The molecule has 3 fully saturated rings. The van der Waals surface area contributed by atoms with Gasteiger partial charge in [-0.05, 0) is 50.9 Å². The van der Waals surface area contributed by atoms with Gasteiger partial charge in [0.2, 0.25) is 0 Å². The third-order valence-corrected chi connectivity index (χ3v) is 6.71. The van der Waals surface area contributed by atoms with Crippen LogP contribution in [0, 0.1) is 5.92 Å². The monoisotopic (exact) mass is 536 g/mol. The summed E-state index contributed by atoms with van der Waals surface area (Å²) in [4.78, 5) is 7.03. The molecule has 2 saturated heterocycles. The van der Waals surface area contributed by atoms with Crippen molar-refractivity contribution in [2.24, 2.45) is 10.9 Å². The second-order valence-electron chi connectivity index (χ2n) is 9.14. The van der Waals surface area contributed by atoms with E-state index in [9.17, 15) is 0 Å². The number of hydrogen-bond acceptors (Lipinski definition) is 4. The number of piperidine rings is 1. The Morgan fingerprint density at radius 1 is 1.03 bits per heavy atom. The van der Waals surface area contributed by atoms with Gasteiger partial charge in [0.1, 0.15) is 0 Å². The maximum Gasteiger partial charge on any atom is 0.191 e. The fourth-order valence-corrected chi connectivity index (χ4v) is 4.83. The molecule has 1 atom stereocenters. The highest BCUT2D eigenvalue weighted by atomic mass is 127. The fourth-order valence-electron chi connectivity index (χ4n) is 4.83. The quantitative estimate of drug-likeness (QED) is 0.155. The van der Waals surface area contributed by atoms with E-state index in [4.69, 9.17) is 9.47 Å². The van der Waals surface area contributed by atoms with Crippen LogP contribution in [0.5, 0.6) is 0 Å². The van der Waals surface area contributed by atoms with Crippen LogP contribution in [0.15, 0.2) is 4.99 Å². The molecule has 1 aliphatic carbocycles. The molecule has 3 aliphatic rings. The summed E-state index contributed by atoms with van der Waals surface area (Å²) in [5.41, 5.74) is 0. The first kappa shape index (κ1) is 26.1. The number of unbranched alkanes of at least 4 members (excludes halogenated alkanes) is 1. The van der Waals surface area contributed by atoms with Gasteiger partial charge in [0, 0.05) is 52.5 Å². The first-order chi connectivity index (χ1) is 14.3. The van der Waals surface area contributed by atoms with Crippen molar-refractivity contribution in [2.45, 2.75) is 82.8 Å². The highest BCUT2D eigenvalue weighted by Gasteiger charge is 2.24. The van der Waals surface area contributed by atoms with E-state index >= 15 is 0 Å². The zero-order chi connectivity index (χ0) is 20.2. The summed E-state index contributed by atoms with van der Waals surface area (Å²) in [6.45, 7) is 7.37. The largest absolute Gasteiger partial charge is 0.381 e. The molecule has 0 aromatic carbocycles. The number of guanidine groups is 1. The summed E-state index contributed by atoms with van der Waals surface area (Å²) in [5.74, 6) is 1.71. The molecule has 30 heavy (non-hydrogen) atoms. The van der Waals surface area contributed by atoms with Crippen LogP contribution >= 0.6 is 24.0 Å². The van der Waals surface area contributed by atoms with E-state index in [0.29, 0.717) is 12.1 Å². The number of rotatable bonds is 9. The number of aliphatic imine (C=N–C) groups is 1. The SMILES string of the molecule is CN=C(NCCCCOC1CCCCCC1)NC1CCN(CC2CCOC2)CC1.I. The van der Waals surface area contributed by atoms with Gasteiger partial charge in [0.15, 0.2) is 5.96 Å². The summed E-state index contributed by atoms with van der Waals surface area (Å²) >= 11 is 0. The Morgan fingerprint density at radius 3 is 2.47 bits per heavy atom. The van der Waals surface area contributed by atoms with Gasteiger partial charge in [0.05, 0.1) is 12.7 Å². The molecule has 7 heteroatoms. The van der Waals surface area contributed by atoms with Crippen LogP contribution in [-0.4, -0.2) is 76.1 Å². The topological polar surface area (TPSA) is 58.1 Å². The number of ether oxygens (including phenoxy) is 2. The minimum atomic E-state index is 0. The van der Waals surface area contributed by atoms with Gasteiger partial charge in [-0.3, -0.25) is 4.99 Å². The number of halogens is 1. The summed E-state index contributed by atoms with van der Waals surface area (Å²) < 4.78 is 11.6. The first-order valence-corrected chi connectivity index (χ1v) is 12.2. The van der Waals surface area contributed by atoms with Gasteiger partial charge < -0.3 is 25.0 Å². The molecule has 6 nitrogen and oxygen atoms in total. The molecular formula is C23H45IN4O2. The summed E-state index contributed by atoms with van der Waals surface area (Å²) in [7, 11) is 1.87. The molecule has 1 saturated carbocycles.